The molecule has 40 heavy (non-hydrogen) atoms. The third-order valence-electron chi connectivity index (χ3n) is 6.26. The Balaban J connectivity index is 1.63. The fraction of sp³-hybridized carbons (Fsp3) is 0.179. The number of fused-ring (bicyclic) bond motifs is 1. The number of carbonyl (C=O) groups is 1. The monoisotopic (exact) mass is 579 g/mol. The molecule has 0 saturated heterocycles. The molecule has 0 saturated carbocycles. The summed E-state index contributed by atoms with van der Waals surface area (Å²) >= 11 is 7.25. The number of aromatic nitrogens is 1. The molecule has 2 aromatic heterocycles. The molecule has 2 aromatic carbocycles. The average Bonchev–Trinajstić information content (AvgIpc) is 3.52. The number of nitrogens with zero attached hydrogens (tertiary/aromatic N) is 3. The fourth-order valence-corrected chi connectivity index (χ4v) is 5.61. The largest absolute Gasteiger partial charge is 0.496 e. The number of halogens is 1. The quantitative estimate of drug-likeness (QED) is 0.177. The number of benzene rings is 2. The smallest absolute Gasteiger partial charge is 0.338 e. The van der Waals surface area contributed by atoms with Crippen LogP contribution in [0.2, 0.25) is 5.02 Å². The van der Waals surface area contributed by atoms with Crippen LogP contribution in [0, 0.1) is 10.1 Å². The molecule has 1 aliphatic heterocycles. The van der Waals surface area contributed by atoms with E-state index >= 15 is 0 Å². The van der Waals surface area contributed by atoms with Crippen molar-refractivity contribution >= 4 is 40.7 Å². The maximum absolute atomic E-state index is 13.7. The van der Waals surface area contributed by atoms with Crippen molar-refractivity contribution in [1.82, 2.24) is 4.57 Å². The molecular weight excluding hydrogens is 558 g/mol. The minimum Gasteiger partial charge on any atom is -0.496 e. The topological polar surface area (TPSA) is 126 Å². The number of furan rings is 1. The van der Waals surface area contributed by atoms with Gasteiger partial charge in [-0.2, -0.15) is 0 Å². The lowest BCUT2D eigenvalue weighted by molar-refractivity contribution is -0.384. The zero-order valence-electron chi connectivity index (χ0n) is 21.5. The molecule has 12 heteroatoms. The Kier molecular flexibility index (Phi) is 7.42. The molecule has 0 bridgehead atoms. The van der Waals surface area contributed by atoms with Crippen LogP contribution in [0.4, 0.5) is 5.69 Å². The normalized spacial score (nSPS) is 15.0. The summed E-state index contributed by atoms with van der Waals surface area (Å²) in [7, 11) is 1.46. The van der Waals surface area contributed by atoms with E-state index < -0.39 is 16.9 Å². The van der Waals surface area contributed by atoms with Crippen LogP contribution in [0.15, 0.2) is 80.1 Å². The molecule has 0 aliphatic carbocycles. The number of rotatable bonds is 7. The number of thiazole rings is 1. The molecule has 1 atom stereocenters. The molecule has 204 valence electrons. The molecule has 1 aliphatic rings. The van der Waals surface area contributed by atoms with Gasteiger partial charge >= 0.3 is 5.97 Å². The molecule has 0 radical (unpaired) electrons. The minimum atomic E-state index is -0.768. The fourth-order valence-electron chi connectivity index (χ4n) is 4.46. The lowest BCUT2D eigenvalue weighted by Crippen LogP contribution is -2.39. The first-order valence-electron chi connectivity index (χ1n) is 12.1. The number of ether oxygens (including phenoxy) is 2. The number of esters is 1. The summed E-state index contributed by atoms with van der Waals surface area (Å²) in [5, 5.41) is 11.8. The van der Waals surface area contributed by atoms with Crippen molar-refractivity contribution in [2.24, 2.45) is 4.99 Å². The van der Waals surface area contributed by atoms with Gasteiger partial charge in [-0.1, -0.05) is 35.1 Å². The third kappa shape index (κ3) is 4.96. The number of allylic oxidation sites excluding steroid dienone is 1. The van der Waals surface area contributed by atoms with E-state index in [4.69, 9.17) is 25.5 Å². The summed E-state index contributed by atoms with van der Waals surface area (Å²) in [4.78, 5) is 42.5. The lowest BCUT2D eigenvalue weighted by atomic mass is 9.96. The lowest BCUT2D eigenvalue weighted by Gasteiger charge is -2.24. The van der Waals surface area contributed by atoms with Crippen molar-refractivity contribution in [1.29, 1.82) is 0 Å². The van der Waals surface area contributed by atoms with E-state index in [9.17, 15) is 19.7 Å². The van der Waals surface area contributed by atoms with Crippen molar-refractivity contribution in [3.05, 3.63) is 112 Å². The van der Waals surface area contributed by atoms with Crippen molar-refractivity contribution in [2.45, 2.75) is 19.9 Å². The van der Waals surface area contributed by atoms with Crippen LogP contribution in [-0.2, 0) is 9.53 Å². The van der Waals surface area contributed by atoms with Gasteiger partial charge in [-0.25, -0.2) is 9.79 Å². The second kappa shape index (κ2) is 10.9. The summed E-state index contributed by atoms with van der Waals surface area (Å²) in [6.45, 7) is 3.59. The number of nitro benzene ring substituents is 1. The van der Waals surface area contributed by atoms with Gasteiger partial charge in [-0.15, -0.1) is 0 Å². The zero-order chi connectivity index (χ0) is 28.6. The van der Waals surface area contributed by atoms with Crippen LogP contribution >= 0.6 is 22.9 Å². The average molecular weight is 580 g/mol. The Morgan fingerprint density at radius 1 is 1.23 bits per heavy atom. The molecule has 0 N–H and O–H groups in total. The SMILES string of the molecule is CCOC(=O)C1=C(C)N=c2s/c(=C/c3ccc(-c4cc([N+](=O)[O-])ccc4OC)o3)c(=O)n2[C@H]1c1ccc(Cl)cc1. The summed E-state index contributed by atoms with van der Waals surface area (Å²) in [6, 6.07) is 13.6. The second-order valence-corrected chi connectivity index (χ2v) is 10.1. The van der Waals surface area contributed by atoms with E-state index in [1.54, 1.807) is 56.3 Å². The summed E-state index contributed by atoms with van der Waals surface area (Å²) in [6.07, 6.45) is 1.57. The highest BCUT2D eigenvalue weighted by molar-refractivity contribution is 7.07. The van der Waals surface area contributed by atoms with Crippen molar-refractivity contribution in [2.75, 3.05) is 13.7 Å². The Morgan fingerprint density at radius 2 is 1.98 bits per heavy atom. The number of methoxy groups -OCH3 is 1. The third-order valence-corrected chi connectivity index (χ3v) is 7.50. The van der Waals surface area contributed by atoms with Gasteiger partial charge in [0.05, 0.1) is 46.0 Å². The Labute approximate surface area is 236 Å². The predicted octanol–water partition coefficient (Wildman–Crippen LogP) is 4.63. The molecule has 5 rings (SSSR count). The summed E-state index contributed by atoms with van der Waals surface area (Å²) in [5.41, 5.74) is 1.30. The van der Waals surface area contributed by atoms with Gasteiger partial charge in [-0.3, -0.25) is 19.5 Å². The van der Waals surface area contributed by atoms with Gasteiger partial charge < -0.3 is 13.9 Å². The van der Waals surface area contributed by atoms with E-state index in [1.165, 1.54) is 29.9 Å². The Bertz CT molecular complexity index is 1850. The van der Waals surface area contributed by atoms with Crippen molar-refractivity contribution < 1.29 is 23.6 Å². The van der Waals surface area contributed by atoms with Crippen molar-refractivity contribution in [3.8, 4) is 17.1 Å². The molecule has 3 heterocycles. The van der Waals surface area contributed by atoms with E-state index in [-0.39, 0.29) is 23.4 Å². The second-order valence-electron chi connectivity index (χ2n) is 8.70. The molecule has 0 spiro atoms. The predicted molar refractivity (Wildman–Crippen MR) is 149 cm³/mol. The number of hydrogen-bond donors (Lipinski definition) is 0. The first-order chi connectivity index (χ1) is 19.2. The van der Waals surface area contributed by atoms with E-state index in [2.05, 4.69) is 4.99 Å². The zero-order valence-corrected chi connectivity index (χ0v) is 23.1. The number of hydrogen-bond acceptors (Lipinski definition) is 9. The highest BCUT2D eigenvalue weighted by Crippen LogP contribution is 2.35. The van der Waals surface area contributed by atoms with Crippen LogP contribution in [0.3, 0.4) is 0 Å². The molecule has 0 unspecified atom stereocenters. The van der Waals surface area contributed by atoms with E-state index in [0.29, 0.717) is 48.5 Å². The molecule has 0 fully saturated rings. The standard InChI is InChI=1S/C28H22ClN3O7S/c1-4-38-27(34)24-15(2)30-28-31(25(24)16-5-7-17(29)8-6-16)26(33)23(40-28)14-19-10-12-22(39-19)20-13-18(32(35)36)9-11-21(20)37-3/h5-14,25H,4H2,1-3H3/b23-14+/t25-/m0/s1. The Morgan fingerprint density at radius 3 is 2.65 bits per heavy atom. The summed E-state index contributed by atoms with van der Waals surface area (Å²) < 4.78 is 18.4. The van der Waals surface area contributed by atoms with E-state index in [0.717, 1.165) is 11.3 Å². The maximum atomic E-state index is 13.7. The van der Waals surface area contributed by atoms with Gasteiger partial charge in [0.15, 0.2) is 4.80 Å². The molecule has 4 aromatic rings. The number of carbonyl (C=O) groups excluding carboxylic acids is 1. The first-order valence-corrected chi connectivity index (χ1v) is 13.3. The van der Waals surface area contributed by atoms with Crippen LogP contribution in [-0.4, -0.2) is 29.2 Å². The maximum Gasteiger partial charge on any atom is 0.338 e. The van der Waals surface area contributed by atoms with Gasteiger partial charge in [0.25, 0.3) is 11.2 Å². The summed E-state index contributed by atoms with van der Waals surface area (Å²) in [5.74, 6) is 0.521. The first kappa shape index (κ1) is 27.1. The number of nitro groups is 1. The van der Waals surface area contributed by atoms with Gasteiger partial charge in [0.1, 0.15) is 17.3 Å². The molecular formula is C28H22ClN3O7S. The van der Waals surface area contributed by atoms with Crippen LogP contribution in [0.25, 0.3) is 17.4 Å². The number of non-ortho nitro benzene ring substituents is 1. The highest BCUT2D eigenvalue weighted by atomic mass is 35.5. The Hall–Kier alpha value is -4.48. The molecule has 10 nitrogen and oxygen atoms in total. The minimum absolute atomic E-state index is 0.114. The van der Waals surface area contributed by atoms with Crippen LogP contribution in [0.5, 0.6) is 5.75 Å². The van der Waals surface area contributed by atoms with Crippen LogP contribution in [0.1, 0.15) is 31.2 Å². The van der Waals surface area contributed by atoms with Gasteiger partial charge in [-0.05, 0) is 49.7 Å². The highest BCUT2D eigenvalue weighted by Gasteiger charge is 2.33. The van der Waals surface area contributed by atoms with E-state index in [1.807, 2.05) is 0 Å². The molecule has 0 amide bonds. The van der Waals surface area contributed by atoms with Crippen LogP contribution < -0.4 is 19.6 Å². The van der Waals surface area contributed by atoms with Gasteiger partial charge in [0, 0.05) is 23.2 Å². The van der Waals surface area contributed by atoms with Crippen molar-refractivity contribution in [3.63, 3.8) is 0 Å². The van der Waals surface area contributed by atoms with Gasteiger partial charge in [0.2, 0.25) is 0 Å².